The summed E-state index contributed by atoms with van der Waals surface area (Å²) < 4.78 is 6.01. The molecule has 0 aliphatic heterocycles. The van der Waals surface area contributed by atoms with Gasteiger partial charge in [-0.2, -0.15) is 0 Å². The van der Waals surface area contributed by atoms with Crippen molar-refractivity contribution >= 4 is 23.2 Å². The minimum absolute atomic E-state index is 0.205. The smallest absolute Gasteiger partial charge is 0.246 e. The molecule has 5 nitrogen and oxygen atoms in total. The number of nitrogens with one attached hydrogen (secondary N) is 2. The van der Waals surface area contributed by atoms with Gasteiger partial charge in [-0.25, -0.2) is 5.48 Å². The number of aryl methyl sites for hydroxylation is 1. The van der Waals surface area contributed by atoms with Crippen molar-refractivity contribution in [1.82, 2.24) is 5.48 Å². The molecule has 3 aromatic carbocycles. The molecule has 1 aliphatic carbocycles. The highest BCUT2D eigenvalue weighted by Gasteiger charge is 2.24. The first kappa shape index (κ1) is 20.3. The first-order valence-electron chi connectivity index (χ1n) is 9.93. The van der Waals surface area contributed by atoms with Crippen LogP contribution in [0.4, 0.5) is 5.69 Å². The minimum Gasteiger partial charge on any atom is -0.457 e. The maximum atomic E-state index is 11.7. The second kappa shape index (κ2) is 9.20. The van der Waals surface area contributed by atoms with Gasteiger partial charge in [-0.1, -0.05) is 29.8 Å². The summed E-state index contributed by atoms with van der Waals surface area (Å²) >= 11 is 5.92. The number of ether oxygens (including phenoxy) is 1. The summed E-state index contributed by atoms with van der Waals surface area (Å²) in [5.41, 5.74) is 6.24. The fourth-order valence-corrected chi connectivity index (χ4v) is 3.82. The van der Waals surface area contributed by atoms with E-state index in [1.807, 2.05) is 60.7 Å². The van der Waals surface area contributed by atoms with Crippen LogP contribution < -0.4 is 15.5 Å². The summed E-state index contributed by atoms with van der Waals surface area (Å²) in [6, 6.07) is 21.6. The van der Waals surface area contributed by atoms with Crippen molar-refractivity contribution in [2.75, 3.05) is 5.32 Å². The van der Waals surface area contributed by atoms with E-state index in [0.717, 1.165) is 46.2 Å². The van der Waals surface area contributed by atoms with Crippen molar-refractivity contribution in [2.24, 2.45) is 5.92 Å². The Labute approximate surface area is 180 Å². The number of hydroxylamine groups is 1. The predicted molar refractivity (Wildman–Crippen MR) is 117 cm³/mol. The Morgan fingerprint density at radius 3 is 2.47 bits per heavy atom. The monoisotopic (exact) mass is 422 g/mol. The summed E-state index contributed by atoms with van der Waals surface area (Å²) in [6.45, 7) is 0.713. The third-order valence-electron chi connectivity index (χ3n) is 5.39. The molecule has 1 aliphatic rings. The van der Waals surface area contributed by atoms with Gasteiger partial charge in [0.2, 0.25) is 5.91 Å². The molecular weight excluding hydrogens is 400 g/mol. The zero-order valence-corrected chi connectivity index (χ0v) is 17.2. The van der Waals surface area contributed by atoms with Gasteiger partial charge in [-0.05, 0) is 84.5 Å². The summed E-state index contributed by atoms with van der Waals surface area (Å²) in [4.78, 5) is 11.7. The number of hydrogen-bond donors (Lipinski definition) is 3. The molecule has 1 unspecified atom stereocenters. The number of carbonyl (C=O) groups is 1. The lowest BCUT2D eigenvalue weighted by Crippen LogP contribution is -2.31. The summed E-state index contributed by atoms with van der Waals surface area (Å²) in [5.74, 6) is 0.950. The Kier molecular flexibility index (Phi) is 6.21. The molecule has 6 heteroatoms. The quantitative estimate of drug-likeness (QED) is 0.369. The molecular formula is C24H23ClN2O3. The van der Waals surface area contributed by atoms with Crippen LogP contribution in [0.25, 0.3) is 0 Å². The van der Waals surface area contributed by atoms with Crippen molar-refractivity contribution in [3.8, 4) is 11.5 Å². The van der Waals surface area contributed by atoms with Gasteiger partial charge in [0, 0.05) is 23.2 Å². The Hall–Kier alpha value is -3.02. The molecule has 3 aromatic rings. The molecule has 0 saturated heterocycles. The standard InChI is InChI=1S/C24H23ClN2O3/c25-20-6-1-16(2-7-20)15-26-21-8-11-22(12-9-21)30-23-10-5-17-3-4-18(24(28)27-29)13-19(17)14-23/h1-2,5-12,14,18,26,29H,3-4,13,15H2,(H,27,28). The van der Waals surface area contributed by atoms with E-state index in [2.05, 4.69) is 11.4 Å². The highest BCUT2D eigenvalue weighted by molar-refractivity contribution is 6.30. The number of benzene rings is 3. The van der Waals surface area contributed by atoms with Crippen LogP contribution in [0.15, 0.2) is 66.7 Å². The van der Waals surface area contributed by atoms with E-state index in [9.17, 15) is 4.79 Å². The van der Waals surface area contributed by atoms with Gasteiger partial charge < -0.3 is 10.1 Å². The molecule has 0 radical (unpaired) electrons. The van der Waals surface area contributed by atoms with Crippen LogP contribution in [0.1, 0.15) is 23.1 Å². The average molecular weight is 423 g/mol. The van der Waals surface area contributed by atoms with Crippen molar-refractivity contribution in [3.63, 3.8) is 0 Å². The lowest BCUT2D eigenvalue weighted by Gasteiger charge is -2.23. The molecule has 1 atom stereocenters. The molecule has 30 heavy (non-hydrogen) atoms. The van der Waals surface area contributed by atoms with E-state index in [4.69, 9.17) is 21.5 Å². The lowest BCUT2D eigenvalue weighted by molar-refractivity contribution is -0.133. The SMILES string of the molecule is O=C(NO)C1CCc2ccc(Oc3ccc(NCc4ccc(Cl)cc4)cc3)cc2C1. The first-order valence-corrected chi connectivity index (χ1v) is 10.3. The van der Waals surface area contributed by atoms with Gasteiger partial charge in [0.15, 0.2) is 0 Å². The van der Waals surface area contributed by atoms with Gasteiger partial charge in [0.1, 0.15) is 11.5 Å². The predicted octanol–water partition coefficient (Wildman–Crippen LogP) is 5.35. The first-order chi connectivity index (χ1) is 14.6. The van der Waals surface area contributed by atoms with Gasteiger partial charge in [0.25, 0.3) is 0 Å². The molecule has 0 aromatic heterocycles. The van der Waals surface area contributed by atoms with Crippen molar-refractivity contribution in [3.05, 3.63) is 88.4 Å². The van der Waals surface area contributed by atoms with E-state index in [0.29, 0.717) is 13.0 Å². The molecule has 154 valence electrons. The minimum atomic E-state index is -0.325. The maximum Gasteiger partial charge on any atom is 0.246 e. The number of fused-ring (bicyclic) bond motifs is 1. The van der Waals surface area contributed by atoms with Crippen LogP contribution in [-0.4, -0.2) is 11.1 Å². The molecule has 0 saturated carbocycles. The number of carbonyl (C=O) groups excluding carboxylic acids is 1. The number of halogens is 1. The van der Waals surface area contributed by atoms with Crippen molar-refractivity contribution < 1.29 is 14.7 Å². The Balaban J connectivity index is 1.37. The zero-order valence-electron chi connectivity index (χ0n) is 16.4. The summed E-state index contributed by atoms with van der Waals surface area (Å²) in [5, 5.41) is 13.0. The van der Waals surface area contributed by atoms with Crippen molar-refractivity contribution in [2.45, 2.75) is 25.8 Å². The Morgan fingerprint density at radius 1 is 1.00 bits per heavy atom. The summed E-state index contributed by atoms with van der Waals surface area (Å²) in [7, 11) is 0. The fraction of sp³-hybridized carbons (Fsp3) is 0.208. The van der Waals surface area contributed by atoms with E-state index >= 15 is 0 Å². The second-order valence-electron chi connectivity index (χ2n) is 7.45. The van der Waals surface area contributed by atoms with Crippen LogP contribution in [0.3, 0.4) is 0 Å². The molecule has 1 amide bonds. The van der Waals surface area contributed by atoms with Crippen LogP contribution in [0.2, 0.25) is 5.02 Å². The van der Waals surface area contributed by atoms with Crippen LogP contribution in [0.5, 0.6) is 11.5 Å². The molecule has 0 fully saturated rings. The van der Waals surface area contributed by atoms with Crippen LogP contribution in [0, 0.1) is 5.92 Å². The van der Waals surface area contributed by atoms with E-state index < -0.39 is 0 Å². The number of hydrogen-bond acceptors (Lipinski definition) is 4. The maximum absolute atomic E-state index is 11.7. The van der Waals surface area contributed by atoms with Gasteiger partial charge in [-0.3, -0.25) is 10.0 Å². The summed E-state index contributed by atoms with van der Waals surface area (Å²) in [6.07, 6.45) is 2.16. The second-order valence-corrected chi connectivity index (χ2v) is 7.89. The fourth-order valence-electron chi connectivity index (χ4n) is 3.70. The van der Waals surface area contributed by atoms with E-state index in [1.54, 1.807) is 5.48 Å². The lowest BCUT2D eigenvalue weighted by atomic mass is 9.83. The number of amides is 1. The van der Waals surface area contributed by atoms with E-state index in [1.165, 1.54) is 5.56 Å². The number of rotatable bonds is 6. The van der Waals surface area contributed by atoms with Crippen molar-refractivity contribution in [1.29, 1.82) is 0 Å². The highest BCUT2D eigenvalue weighted by Crippen LogP contribution is 2.31. The van der Waals surface area contributed by atoms with Gasteiger partial charge in [0.05, 0.1) is 0 Å². The molecule has 4 rings (SSSR count). The highest BCUT2D eigenvalue weighted by atomic mass is 35.5. The van der Waals surface area contributed by atoms with Gasteiger partial charge in [-0.15, -0.1) is 0 Å². The molecule has 0 bridgehead atoms. The molecule has 0 heterocycles. The Morgan fingerprint density at radius 2 is 1.73 bits per heavy atom. The molecule has 0 spiro atoms. The zero-order chi connectivity index (χ0) is 20.9. The molecule has 3 N–H and O–H groups in total. The van der Waals surface area contributed by atoms with Crippen LogP contribution >= 0.6 is 11.6 Å². The third kappa shape index (κ3) is 4.93. The Bertz CT molecular complexity index is 1020. The topological polar surface area (TPSA) is 70.6 Å². The third-order valence-corrected chi connectivity index (χ3v) is 5.64. The van der Waals surface area contributed by atoms with E-state index in [-0.39, 0.29) is 11.8 Å². The van der Waals surface area contributed by atoms with Crippen LogP contribution in [-0.2, 0) is 24.2 Å². The average Bonchev–Trinajstić information content (AvgIpc) is 2.78. The largest absolute Gasteiger partial charge is 0.457 e. The number of anilines is 1. The normalized spacial score (nSPS) is 15.2. The van der Waals surface area contributed by atoms with Gasteiger partial charge >= 0.3 is 0 Å².